The van der Waals surface area contributed by atoms with Crippen molar-refractivity contribution in [1.82, 2.24) is 0 Å². The minimum absolute atomic E-state index is 0.0818. The number of rotatable bonds is 1. The molecule has 0 amide bonds. The molecule has 0 aliphatic heterocycles. The van der Waals surface area contributed by atoms with Crippen LogP contribution in [0.3, 0.4) is 0 Å². The van der Waals surface area contributed by atoms with E-state index in [-0.39, 0.29) is 12.1 Å². The second-order valence-corrected chi connectivity index (χ2v) is 2.80. The van der Waals surface area contributed by atoms with Crippen LogP contribution in [0, 0.1) is 6.92 Å². The summed E-state index contributed by atoms with van der Waals surface area (Å²) in [6.07, 6.45) is -4.30. The van der Waals surface area contributed by atoms with Gasteiger partial charge in [-0.2, -0.15) is 13.2 Å². The van der Waals surface area contributed by atoms with E-state index in [4.69, 9.17) is 5.73 Å². The predicted molar refractivity (Wildman–Crippen MR) is 44.1 cm³/mol. The number of hydrogen-bond donors (Lipinski definition) is 1. The van der Waals surface area contributed by atoms with Gasteiger partial charge in [0.05, 0.1) is 5.56 Å². The lowest BCUT2D eigenvalue weighted by atomic mass is 10.0. The van der Waals surface area contributed by atoms with E-state index in [0.29, 0.717) is 5.56 Å². The lowest BCUT2D eigenvalue weighted by molar-refractivity contribution is -0.138. The number of aryl methyl sites for hydroxylation is 1. The van der Waals surface area contributed by atoms with E-state index in [1.165, 1.54) is 6.07 Å². The zero-order chi connectivity index (χ0) is 10.1. The zero-order valence-electron chi connectivity index (χ0n) is 7.15. The highest BCUT2D eigenvalue weighted by Gasteiger charge is 2.33. The number of benzene rings is 1. The molecule has 0 fully saturated rings. The van der Waals surface area contributed by atoms with Gasteiger partial charge in [0.1, 0.15) is 0 Å². The molecule has 0 saturated carbocycles. The zero-order valence-corrected chi connectivity index (χ0v) is 7.15. The molecule has 0 bridgehead atoms. The highest BCUT2D eigenvalue weighted by atomic mass is 19.4. The third-order valence-corrected chi connectivity index (χ3v) is 1.92. The van der Waals surface area contributed by atoms with Gasteiger partial charge in [-0.15, -0.1) is 0 Å². The van der Waals surface area contributed by atoms with Gasteiger partial charge in [0, 0.05) is 6.54 Å². The average molecular weight is 189 g/mol. The SMILES string of the molecule is Cc1cccc(C(F)(F)F)c1CN. The Kier molecular flexibility index (Phi) is 2.61. The second-order valence-electron chi connectivity index (χ2n) is 2.80. The average Bonchev–Trinajstić information content (AvgIpc) is 2.02. The Morgan fingerprint density at radius 2 is 1.92 bits per heavy atom. The molecular formula is C9H10F3N. The summed E-state index contributed by atoms with van der Waals surface area (Å²) < 4.78 is 37.1. The first-order valence-corrected chi connectivity index (χ1v) is 3.82. The van der Waals surface area contributed by atoms with Gasteiger partial charge < -0.3 is 5.73 Å². The molecule has 13 heavy (non-hydrogen) atoms. The molecule has 0 aromatic heterocycles. The molecule has 1 nitrogen and oxygen atoms in total. The van der Waals surface area contributed by atoms with Crippen molar-refractivity contribution < 1.29 is 13.2 Å². The van der Waals surface area contributed by atoms with E-state index in [0.717, 1.165) is 6.07 Å². The van der Waals surface area contributed by atoms with Gasteiger partial charge >= 0.3 is 6.18 Å². The van der Waals surface area contributed by atoms with E-state index in [1.54, 1.807) is 13.0 Å². The van der Waals surface area contributed by atoms with E-state index in [1.807, 2.05) is 0 Å². The molecule has 0 aliphatic carbocycles. The lowest BCUT2D eigenvalue weighted by Gasteiger charge is -2.13. The van der Waals surface area contributed by atoms with Crippen LogP contribution in [-0.4, -0.2) is 0 Å². The molecule has 72 valence electrons. The van der Waals surface area contributed by atoms with Crippen molar-refractivity contribution in [3.05, 3.63) is 34.9 Å². The molecule has 0 saturated heterocycles. The molecule has 0 spiro atoms. The highest BCUT2D eigenvalue weighted by molar-refractivity contribution is 5.36. The van der Waals surface area contributed by atoms with Gasteiger partial charge in [-0.05, 0) is 24.1 Å². The Balaban J connectivity index is 3.29. The minimum atomic E-state index is -4.30. The van der Waals surface area contributed by atoms with Crippen LogP contribution < -0.4 is 5.73 Å². The van der Waals surface area contributed by atoms with Crippen LogP contribution in [0.5, 0.6) is 0 Å². The molecular weight excluding hydrogens is 179 g/mol. The van der Waals surface area contributed by atoms with E-state index in [9.17, 15) is 13.2 Å². The van der Waals surface area contributed by atoms with Gasteiger partial charge in [-0.25, -0.2) is 0 Å². The van der Waals surface area contributed by atoms with Crippen molar-refractivity contribution in [2.75, 3.05) is 0 Å². The molecule has 0 radical (unpaired) electrons. The predicted octanol–water partition coefficient (Wildman–Crippen LogP) is 2.47. The minimum Gasteiger partial charge on any atom is -0.326 e. The number of nitrogens with two attached hydrogens (primary N) is 1. The maximum atomic E-state index is 12.4. The summed E-state index contributed by atoms with van der Waals surface area (Å²) in [5.74, 6) is 0. The summed E-state index contributed by atoms with van der Waals surface area (Å²) in [4.78, 5) is 0. The molecule has 0 unspecified atom stereocenters. The highest BCUT2D eigenvalue weighted by Crippen LogP contribution is 2.32. The van der Waals surface area contributed by atoms with Crippen LogP contribution in [0.1, 0.15) is 16.7 Å². The summed E-state index contributed by atoms with van der Waals surface area (Å²) >= 11 is 0. The van der Waals surface area contributed by atoms with Crippen LogP contribution in [0.15, 0.2) is 18.2 Å². The van der Waals surface area contributed by atoms with Gasteiger partial charge in [0.25, 0.3) is 0 Å². The third-order valence-electron chi connectivity index (χ3n) is 1.92. The second kappa shape index (κ2) is 3.38. The van der Waals surface area contributed by atoms with Gasteiger partial charge in [-0.3, -0.25) is 0 Å². The number of alkyl halides is 3. The molecule has 1 aromatic rings. The maximum Gasteiger partial charge on any atom is 0.416 e. The summed E-state index contributed by atoms with van der Waals surface area (Å²) in [7, 11) is 0. The van der Waals surface area contributed by atoms with E-state index >= 15 is 0 Å². The first kappa shape index (κ1) is 10.1. The molecule has 0 atom stereocenters. The van der Waals surface area contributed by atoms with Crippen molar-refractivity contribution in [1.29, 1.82) is 0 Å². The largest absolute Gasteiger partial charge is 0.416 e. The first-order valence-electron chi connectivity index (χ1n) is 3.82. The Labute approximate surface area is 74.4 Å². The smallest absolute Gasteiger partial charge is 0.326 e. The lowest BCUT2D eigenvalue weighted by Crippen LogP contribution is -2.13. The van der Waals surface area contributed by atoms with E-state index < -0.39 is 11.7 Å². The van der Waals surface area contributed by atoms with Crippen molar-refractivity contribution >= 4 is 0 Å². The molecule has 2 N–H and O–H groups in total. The molecule has 1 aromatic carbocycles. The van der Waals surface area contributed by atoms with Crippen LogP contribution in [-0.2, 0) is 12.7 Å². The number of halogens is 3. The van der Waals surface area contributed by atoms with Crippen molar-refractivity contribution in [2.45, 2.75) is 19.6 Å². The third kappa shape index (κ3) is 2.01. The standard InChI is InChI=1S/C9H10F3N/c1-6-3-2-4-8(7(6)5-13)9(10,11)12/h2-4H,5,13H2,1H3. The summed E-state index contributed by atoms with van der Waals surface area (Å²) in [5, 5.41) is 0. The Morgan fingerprint density at radius 1 is 1.31 bits per heavy atom. The van der Waals surface area contributed by atoms with Gasteiger partial charge in [0.2, 0.25) is 0 Å². The molecule has 0 aliphatic rings. The fourth-order valence-electron chi connectivity index (χ4n) is 1.24. The fourth-order valence-corrected chi connectivity index (χ4v) is 1.24. The Morgan fingerprint density at radius 3 is 2.31 bits per heavy atom. The number of hydrogen-bond acceptors (Lipinski definition) is 1. The summed E-state index contributed by atoms with van der Waals surface area (Å²) in [6, 6.07) is 4.06. The van der Waals surface area contributed by atoms with Crippen LogP contribution >= 0.6 is 0 Å². The fraction of sp³-hybridized carbons (Fsp3) is 0.333. The Hall–Kier alpha value is -1.03. The summed E-state index contributed by atoms with van der Waals surface area (Å²) in [5.41, 5.74) is 5.38. The normalized spacial score (nSPS) is 11.8. The monoisotopic (exact) mass is 189 g/mol. The van der Waals surface area contributed by atoms with E-state index in [2.05, 4.69) is 0 Å². The molecule has 1 rings (SSSR count). The summed E-state index contributed by atoms with van der Waals surface area (Å²) in [6.45, 7) is 1.54. The maximum absolute atomic E-state index is 12.4. The Bertz CT molecular complexity index is 304. The van der Waals surface area contributed by atoms with Crippen molar-refractivity contribution in [2.24, 2.45) is 5.73 Å². The topological polar surface area (TPSA) is 26.0 Å². The first-order chi connectivity index (χ1) is 5.96. The van der Waals surface area contributed by atoms with Crippen LogP contribution in [0.4, 0.5) is 13.2 Å². The van der Waals surface area contributed by atoms with Crippen LogP contribution in [0.25, 0.3) is 0 Å². The van der Waals surface area contributed by atoms with Gasteiger partial charge in [0.15, 0.2) is 0 Å². The molecule has 0 heterocycles. The van der Waals surface area contributed by atoms with Crippen molar-refractivity contribution in [3.63, 3.8) is 0 Å². The van der Waals surface area contributed by atoms with Crippen LogP contribution in [0.2, 0.25) is 0 Å². The van der Waals surface area contributed by atoms with Gasteiger partial charge in [-0.1, -0.05) is 12.1 Å². The quantitative estimate of drug-likeness (QED) is 0.721. The van der Waals surface area contributed by atoms with Crippen molar-refractivity contribution in [3.8, 4) is 0 Å². The molecule has 4 heteroatoms.